The number of anilines is 1. The Morgan fingerprint density at radius 2 is 2.35 bits per heavy atom. The molecule has 1 N–H and O–H groups in total. The summed E-state index contributed by atoms with van der Waals surface area (Å²) in [5, 5.41) is 8.93. The van der Waals surface area contributed by atoms with Crippen molar-refractivity contribution in [1.29, 1.82) is 0 Å². The molecule has 6 heteroatoms. The molecule has 1 atom stereocenters. The number of carbonyl (C=O) groups excluding carboxylic acids is 1. The number of rotatable bonds is 2. The zero-order chi connectivity index (χ0) is 12.6. The standard InChI is InChI=1S/C11H11BrN2O3/c1-6-2-3-13-10(12)9(6)14-5-7(11(16)17)4-8(14)15/h2-3,7H,4-5H2,1H3,(H,16,17). The van der Waals surface area contributed by atoms with Gasteiger partial charge in [0.15, 0.2) is 0 Å². The van der Waals surface area contributed by atoms with Crippen LogP contribution in [0.4, 0.5) is 5.69 Å². The molecule has 1 saturated heterocycles. The molecule has 1 aliphatic rings. The van der Waals surface area contributed by atoms with Crippen LogP contribution in [0.25, 0.3) is 0 Å². The number of halogens is 1. The van der Waals surface area contributed by atoms with E-state index >= 15 is 0 Å². The van der Waals surface area contributed by atoms with E-state index in [1.165, 1.54) is 4.90 Å². The van der Waals surface area contributed by atoms with Gasteiger partial charge in [-0.05, 0) is 34.5 Å². The fourth-order valence-electron chi connectivity index (χ4n) is 1.93. The summed E-state index contributed by atoms with van der Waals surface area (Å²) in [4.78, 5) is 28.3. The molecular formula is C11H11BrN2O3. The molecule has 5 nitrogen and oxygen atoms in total. The monoisotopic (exact) mass is 298 g/mol. The summed E-state index contributed by atoms with van der Waals surface area (Å²) in [6.07, 6.45) is 1.69. The van der Waals surface area contributed by atoms with E-state index in [9.17, 15) is 9.59 Å². The van der Waals surface area contributed by atoms with Crippen molar-refractivity contribution in [3.05, 3.63) is 22.4 Å². The smallest absolute Gasteiger partial charge is 0.308 e. The average molecular weight is 299 g/mol. The van der Waals surface area contributed by atoms with Gasteiger partial charge in [0.25, 0.3) is 0 Å². The van der Waals surface area contributed by atoms with Crippen LogP contribution in [0.15, 0.2) is 16.9 Å². The SMILES string of the molecule is Cc1ccnc(Br)c1N1CC(C(=O)O)CC1=O. The average Bonchev–Trinajstić information content (AvgIpc) is 2.61. The lowest BCUT2D eigenvalue weighted by Crippen LogP contribution is -2.27. The lowest BCUT2D eigenvalue weighted by molar-refractivity contribution is -0.141. The Kier molecular flexibility index (Phi) is 3.15. The zero-order valence-electron chi connectivity index (χ0n) is 9.18. The molecule has 1 amide bonds. The number of carboxylic acids is 1. The van der Waals surface area contributed by atoms with Gasteiger partial charge in [-0.2, -0.15) is 0 Å². The third kappa shape index (κ3) is 2.17. The molecule has 1 aromatic rings. The van der Waals surface area contributed by atoms with Crippen molar-refractivity contribution in [3.63, 3.8) is 0 Å². The summed E-state index contributed by atoms with van der Waals surface area (Å²) in [7, 11) is 0. The number of aromatic nitrogens is 1. The van der Waals surface area contributed by atoms with Crippen molar-refractivity contribution in [2.75, 3.05) is 11.4 Å². The van der Waals surface area contributed by atoms with E-state index in [0.717, 1.165) is 5.56 Å². The van der Waals surface area contributed by atoms with E-state index in [2.05, 4.69) is 20.9 Å². The number of aliphatic carboxylic acids is 1. The third-order valence-corrected chi connectivity index (χ3v) is 3.41. The van der Waals surface area contributed by atoms with Gasteiger partial charge in [0.2, 0.25) is 5.91 Å². The molecule has 17 heavy (non-hydrogen) atoms. The lowest BCUT2D eigenvalue weighted by atomic mass is 10.1. The predicted octanol–water partition coefficient (Wildman–Crippen LogP) is 1.59. The van der Waals surface area contributed by atoms with Crippen LogP contribution in [0.2, 0.25) is 0 Å². The van der Waals surface area contributed by atoms with Crippen molar-refractivity contribution in [2.45, 2.75) is 13.3 Å². The van der Waals surface area contributed by atoms with Crippen LogP contribution < -0.4 is 4.90 Å². The first kappa shape index (κ1) is 12.0. The molecule has 2 rings (SSSR count). The van der Waals surface area contributed by atoms with Gasteiger partial charge in [-0.15, -0.1) is 0 Å². The number of hydrogen-bond donors (Lipinski definition) is 1. The van der Waals surface area contributed by atoms with Gasteiger partial charge < -0.3 is 10.0 Å². The highest BCUT2D eigenvalue weighted by Gasteiger charge is 2.36. The lowest BCUT2D eigenvalue weighted by Gasteiger charge is -2.19. The second-order valence-electron chi connectivity index (χ2n) is 4.01. The van der Waals surface area contributed by atoms with Crippen LogP contribution >= 0.6 is 15.9 Å². The Bertz CT molecular complexity index is 469. The molecule has 1 aromatic heterocycles. The molecular weight excluding hydrogens is 288 g/mol. The normalized spacial score (nSPS) is 19.8. The first-order valence-electron chi connectivity index (χ1n) is 5.15. The van der Waals surface area contributed by atoms with E-state index in [0.29, 0.717) is 10.3 Å². The van der Waals surface area contributed by atoms with Crippen LogP contribution in [-0.2, 0) is 9.59 Å². The van der Waals surface area contributed by atoms with Crippen molar-refractivity contribution < 1.29 is 14.7 Å². The van der Waals surface area contributed by atoms with Gasteiger partial charge in [0.1, 0.15) is 4.60 Å². The van der Waals surface area contributed by atoms with Gasteiger partial charge in [-0.3, -0.25) is 9.59 Å². The molecule has 2 heterocycles. The maximum absolute atomic E-state index is 11.8. The maximum Gasteiger partial charge on any atom is 0.308 e. The molecule has 90 valence electrons. The summed E-state index contributed by atoms with van der Waals surface area (Å²) >= 11 is 3.29. The minimum atomic E-state index is -0.932. The van der Waals surface area contributed by atoms with E-state index in [4.69, 9.17) is 5.11 Å². The number of amides is 1. The van der Waals surface area contributed by atoms with Crippen LogP contribution in [0, 0.1) is 12.8 Å². The summed E-state index contributed by atoms with van der Waals surface area (Å²) in [5.41, 5.74) is 1.56. The van der Waals surface area contributed by atoms with Crippen molar-refractivity contribution in [3.8, 4) is 0 Å². The Hall–Kier alpha value is -1.43. The maximum atomic E-state index is 11.8. The van der Waals surface area contributed by atoms with Crippen LogP contribution in [-0.4, -0.2) is 28.5 Å². The topological polar surface area (TPSA) is 70.5 Å². The molecule has 0 radical (unpaired) electrons. The van der Waals surface area contributed by atoms with Crippen LogP contribution in [0.5, 0.6) is 0 Å². The fraction of sp³-hybridized carbons (Fsp3) is 0.364. The van der Waals surface area contributed by atoms with Gasteiger partial charge in [0.05, 0.1) is 11.6 Å². The number of aryl methyl sites for hydroxylation is 1. The number of carboxylic acid groups (broad SMARTS) is 1. The van der Waals surface area contributed by atoms with Crippen LogP contribution in [0.3, 0.4) is 0 Å². The van der Waals surface area contributed by atoms with Crippen molar-refractivity contribution in [1.82, 2.24) is 4.98 Å². The first-order valence-corrected chi connectivity index (χ1v) is 5.94. The summed E-state index contributed by atoms with van der Waals surface area (Å²) in [6, 6.07) is 1.79. The second-order valence-corrected chi connectivity index (χ2v) is 4.76. The summed E-state index contributed by atoms with van der Waals surface area (Å²) < 4.78 is 0.567. The molecule has 1 unspecified atom stereocenters. The number of nitrogens with zero attached hydrogens (tertiary/aromatic N) is 2. The molecule has 0 bridgehead atoms. The highest BCUT2D eigenvalue weighted by atomic mass is 79.9. The van der Waals surface area contributed by atoms with Crippen molar-refractivity contribution in [2.24, 2.45) is 5.92 Å². The van der Waals surface area contributed by atoms with Crippen molar-refractivity contribution >= 4 is 33.5 Å². The second kappa shape index (κ2) is 4.44. The Morgan fingerprint density at radius 1 is 1.65 bits per heavy atom. The summed E-state index contributed by atoms with van der Waals surface area (Å²) in [6.45, 7) is 2.07. The molecule has 1 fully saturated rings. The zero-order valence-corrected chi connectivity index (χ0v) is 10.8. The Morgan fingerprint density at radius 3 is 2.88 bits per heavy atom. The molecule has 0 saturated carbocycles. The molecule has 0 spiro atoms. The highest BCUT2D eigenvalue weighted by Crippen LogP contribution is 2.32. The minimum Gasteiger partial charge on any atom is -0.481 e. The van der Waals surface area contributed by atoms with Gasteiger partial charge in [-0.1, -0.05) is 0 Å². The molecule has 0 aromatic carbocycles. The van der Waals surface area contributed by atoms with E-state index < -0.39 is 11.9 Å². The highest BCUT2D eigenvalue weighted by molar-refractivity contribution is 9.10. The number of carbonyl (C=O) groups is 2. The third-order valence-electron chi connectivity index (χ3n) is 2.83. The van der Waals surface area contributed by atoms with Gasteiger partial charge >= 0.3 is 5.97 Å². The van der Waals surface area contributed by atoms with Gasteiger partial charge in [0, 0.05) is 19.2 Å². The fourth-order valence-corrected chi connectivity index (χ4v) is 2.58. The van der Waals surface area contributed by atoms with E-state index in [-0.39, 0.29) is 18.9 Å². The number of pyridine rings is 1. The largest absolute Gasteiger partial charge is 0.481 e. The predicted molar refractivity (Wildman–Crippen MR) is 64.8 cm³/mol. The van der Waals surface area contributed by atoms with E-state index in [1.807, 2.05) is 6.92 Å². The summed E-state index contributed by atoms with van der Waals surface area (Å²) in [5.74, 6) is -1.73. The van der Waals surface area contributed by atoms with Gasteiger partial charge in [-0.25, -0.2) is 4.98 Å². The minimum absolute atomic E-state index is 0.0517. The Balaban J connectivity index is 2.35. The Labute approximate surface area is 107 Å². The number of hydrogen-bond acceptors (Lipinski definition) is 3. The molecule has 1 aliphatic heterocycles. The first-order chi connectivity index (χ1) is 8.00. The van der Waals surface area contributed by atoms with Crippen LogP contribution in [0.1, 0.15) is 12.0 Å². The quantitative estimate of drug-likeness (QED) is 0.842. The van der Waals surface area contributed by atoms with E-state index in [1.54, 1.807) is 12.3 Å². The molecule has 0 aliphatic carbocycles.